The number of aromatic hydroxyl groups is 1. The van der Waals surface area contributed by atoms with Crippen molar-refractivity contribution in [3.05, 3.63) is 29.8 Å². The van der Waals surface area contributed by atoms with Gasteiger partial charge in [0.25, 0.3) is 5.91 Å². The summed E-state index contributed by atoms with van der Waals surface area (Å²) in [6.45, 7) is 3.14. The summed E-state index contributed by atoms with van der Waals surface area (Å²) < 4.78 is 0. The number of nitrogens with one attached hydrogen (secondary N) is 1. The van der Waals surface area contributed by atoms with Gasteiger partial charge >= 0.3 is 0 Å². The molecule has 1 amide bonds. The van der Waals surface area contributed by atoms with Crippen LogP contribution in [-0.4, -0.2) is 42.1 Å². The predicted molar refractivity (Wildman–Crippen MR) is 64.1 cm³/mol. The highest BCUT2D eigenvalue weighted by molar-refractivity contribution is 5.94. The third-order valence-electron chi connectivity index (χ3n) is 2.50. The third-order valence-corrected chi connectivity index (χ3v) is 2.50. The Bertz CT molecular complexity index is 365. The van der Waals surface area contributed by atoms with E-state index in [2.05, 4.69) is 5.32 Å². The normalized spacial score (nSPS) is 15.4. The smallest absolute Gasteiger partial charge is 0.254 e. The second-order valence-corrected chi connectivity index (χ2v) is 3.59. The van der Waals surface area contributed by atoms with Gasteiger partial charge in [-0.15, -0.1) is 12.4 Å². The Hall–Kier alpha value is -1.26. The monoisotopic (exact) mass is 242 g/mol. The molecular formula is C11H15ClN2O2. The molecule has 1 aliphatic rings. The van der Waals surface area contributed by atoms with E-state index in [1.165, 1.54) is 6.07 Å². The van der Waals surface area contributed by atoms with Crippen molar-refractivity contribution in [3.8, 4) is 5.75 Å². The number of hydrogen-bond acceptors (Lipinski definition) is 3. The first-order chi connectivity index (χ1) is 7.27. The van der Waals surface area contributed by atoms with Crippen molar-refractivity contribution < 1.29 is 9.90 Å². The van der Waals surface area contributed by atoms with E-state index >= 15 is 0 Å². The molecule has 1 aromatic carbocycles. The number of rotatable bonds is 1. The van der Waals surface area contributed by atoms with Crippen LogP contribution in [0, 0.1) is 0 Å². The summed E-state index contributed by atoms with van der Waals surface area (Å²) in [5, 5.41) is 12.5. The van der Waals surface area contributed by atoms with Crippen LogP contribution in [0.2, 0.25) is 0 Å². The van der Waals surface area contributed by atoms with Crippen LogP contribution >= 0.6 is 12.4 Å². The minimum atomic E-state index is -0.00704. The molecule has 1 heterocycles. The van der Waals surface area contributed by atoms with Crippen molar-refractivity contribution in [2.75, 3.05) is 26.2 Å². The maximum absolute atomic E-state index is 11.9. The lowest BCUT2D eigenvalue weighted by Crippen LogP contribution is -2.46. The Balaban J connectivity index is 0.00000128. The fourth-order valence-electron chi connectivity index (χ4n) is 1.69. The molecule has 1 aliphatic heterocycles. The van der Waals surface area contributed by atoms with Gasteiger partial charge in [0.15, 0.2) is 0 Å². The number of carbonyl (C=O) groups is 1. The fraction of sp³-hybridized carbons (Fsp3) is 0.364. The average molecular weight is 243 g/mol. The van der Waals surface area contributed by atoms with Gasteiger partial charge in [0.1, 0.15) is 5.75 Å². The van der Waals surface area contributed by atoms with Crippen LogP contribution in [-0.2, 0) is 0 Å². The molecule has 0 aromatic heterocycles. The molecule has 2 N–H and O–H groups in total. The molecule has 0 radical (unpaired) electrons. The van der Waals surface area contributed by atoms with E-state index in [1.54, 1.807) is 23.1 Å². The lowest BCUT2D eigenvalue weighted by Gasteiger charge is -2.27. The van der Waals surface area contributed by atoms with Crippen LogP contribution in [0.3, 0.4) is 0 Å². The van der Waals surface area contributed by atoms with Gasteiger partial charge in [-0.2, -0.15) is 0 Å². The third kappa shape index (κ3) is 2.87. The molecule has 5 heteroatoms. The quantitative estimate of drug-likeness (QED) is 0.768. The van der Waals surface area contributed by atoms with Gasteiger partial charge < -0.3 is 15.3 Å². The standard InChI is InChI=1S/C11H14N2O2.ClH/c14-10-3-1-2-9(8-10)11(15)13-6-4-12-5-7-13;/h1-3,8,12,14H,4-7H2;1H. The van der Waals surface area contributed by atoms with E-state index in [1.807, 2.05) is 0 Å². The molecule has 0 spiro atoms. The van der Waals surface area contributed by atoms with E-state index < -0.39 is 0 Å². The van der Waals surface area contributed by atoms with Crippen molar-refractivity contribution in [1.82, 2.24) is 10.2 Å². The average Bonchev–Trinajstić information content (AvgIpc) is 2.29. The number of piperazine rings is 1. The van der Waals surface area contributed by atoms with E-state index in [0.29, 0.717) is 5.56 Å². The van der Waals surface area contributed by atoms with Gasteiger partial charge in [-0.1, -0.05) is 6.07 Å². The maximum Gasteiger partial charge on any atom is 0.254 e. The largest absolute Gasteiger partial charge is 0.508 e. The lowest BCUT2D eigenvalue weighted by atomic mass is 10.2. The molecule has 1 fully saturated rings. The molecule has 0 saturated carbocycles. The van der Waals surface area contributed by atoms with Crippen molar-refractivity contribution in [1.29, 1.82) is 0 Å². The molecule has 2 rings (SSSR count). The number of amides is 1. The highest BCUT2D eigenvalue weighted by Crippen LogP contribution is 2.13. The minimum Gasteiger partial charge on any atom is -0.508 e. The Labute approximate surface area is 101 Å². The zero-order valence-corrected chi connectivity index (χ0v) is 9.67. The van der Waals surface area contributed by atoms with Crippen LogP contribution in [0.25, 0.3) is 0 Å². The topological polar surface area (TPSA) is 52.6 Å². The number of phenolic OH excluding ortho intramolecular Hbond substituents is 1. The molecule has 0 bridgehead atoms. The molecule has 0 unspecified atom stereocenters. The fourth-order valence-corrected chi connectivity index (χ4v) is 1.69. The van der Waals surface area contributed by atoms with E-state index in [-0.39, 0.29) is 24.1 Å². The molecule has 1 saturated heterocycles. The highest BCUT2D eigenvalue weighted by Gasteiger charge is 2.17. The van der Waals surface area contributed by atoms with Gasteiger partial charge in [-0.05, 0) is 18.2 Å². The summed E-state index contributed by atoms with van der Waals surface area (Å²) in [6.07, 6.45) is 0. The summed E-state index contributed by atoms with van der Waals surface area (Å²) >= 11 is 0. The summed E-state index contributed by atoms with van der Waals surface area (Å²) in [5.41, 5.74) is 0.553. The van der Waals surface area contributed by atoms with Gasteiger partial charge in [0, 0.05) is 31.7 Å². The zero-order valence-electron chi connectivity index (χ0n) is 8.85. The minimum absolute atomic E-state index is 0. The van der Waals surface area contributed by atoms with E-state index in [4.69, 9.17) is 0 Å². The van der Waals surface area contributed by atoms with Crippen molar-refractivity contribution in [2.45, 2.75) is 0 Å². The number of halogens is 1. The SMILES string of the molecule is Cl.O=C(c1cccc(O)c1)N1CCNCC1. The van der Waals surface area contributed by atoms with Crippen molar-refractivity contribution in [3.63, 3.8) is 0 Å². The molecule has 0 atom stereocenters. The van der Waals surface area contributed by atoms with Gasteiger partial charge in [-0.25, -0.2) is 0 Å². The number of carbonyl (C=O) groups excluding carboxylic acids is 1. The first-order valence-electron chi connectivity index (χ1n) is 5.06. The summed E-state index contributed by atoms with van der Waals surface area (Å²) in [5.74, 6) is 0.128. The highest BCUT2D eigenvalue weighted by atomic mass is 35.5. The summed E-state index contributed by atoms with van der Waals surface area (Å²) in [7, 11) is 0. The summed E-state index contributed by atoms with van der Waals surface area (Å²) in [6, 6.07) is 6.48. The number of hydrogen-bond donors (Lipinski definition) is 2. The van der Waals surface area contributed by atoms with Crippen LogP contribution in [0.1, 0.15) is 10.4 Å². The number of phenols is 1. The number of benzene rings is 1. The molecule has 0 aliphatic carbocycles. The Kier molecular flexibility index (Phi) is 4.58. The molecule has 88 valence electrons. The van der Waals surface area contributed by atoms with Gasteiger partial charge in [-0.3, -0.25) is 4.79 Å². The molecule has 16 heavy (non-hydrogen) atoms. The Morgan fingerprint density at radius 3 is 2.62 bits per heavy atom. The maximum atomic E-state index is 11.9. The number of nitrogens with zero attached hydrogens (tertiary/aromatic N) is 1. The van der Waals surface area contributed by atoms with Crippen molar-refractivity contribution >= 4 is 18.3 Å². The van der Waals surface area contributed by atoms with Crippen LogP contribution in [0.4, 0.5) is 0 Å². The molecule has 1 aromatic rings. The second kappa shape index (κ2) is 5.72. The first-order valence-corrected chi connectivity index (χ1v) is 5.06. The van der Waals surface area contributed by atoms with Crippen molar-refractivity contribution in [2.24, 2.45) is 0 Å². The second-order valence-electron chi connectivity index (χ2n) is 3.59. The zero-order chi connectivity index (χ0) is 10.7. The summed E-state index contributed by atoms with van der Waals surface area (Å²) in [4.78, 5) is 13.7. The lowest BCUT2D eigenvalue weighted by molar-refractivity contribution is 0.0735. The molecular weight excluding hydrogens is 228 g/mol. The van der Waals surface area contributed by atoms with Crippen LogP contribution in [0.15, 0.2) is 24.3 Å². The molecule has 4 nitrogen and oxygen atoms in total. The van der Waals surface area contributed by atoms with E-state index in [0.717, 1.165) is 26.2 Å². The predicted octanol–water partition coefficient (Wildman–Crippen LogP) is 0.859. The van der Waals surface area contributed by atoms with Crippen LogP contribution in [0.5, 0.6) is 5.75 Å². The van der Waals surface area contributed by atoms with Crippen LogP contribution < -0.4 is 5.32 Å². The van der Waals surface area contributed by atoms with Gasteiger partial charge in [0.2, 0.25) is 0 Å². The Morgan fingerprint density at radius 1 is 1.31 bits per heavy atom. The van der Waals surface area contributed by atoms with E-state index in [9.17, 15) is 9.90 Å². The van der Waals surface area contributed by atoms with Gasteiger partial charge in [0.05, 0.1) is 0 Å². The first kappa shape index (κ1) is 12.8. The Morgan fingerprint density at radius 2 is 2.00 bits per heavy atom.